The van der Waals surface area contributed by atoms with E-state index in [4.69, 9.17) is 9.31 Å². The molecule has 2 fully saturated rings. The second-order valence-electron chi connectivity index (χ2n) is 8.41. The molecular weight excluding hydrogens is 305 g/mol. The van der Waals surface area contributed by atoms with Crippen molar-refractivity contribution in [1.82, 2.24) is 14.5 Å². The lowest BCUT2D eigenvalue weighted by Crippen LogP contribution is -2.41. The fourth-order valence-electron chi connectivity index (χ4n) is 3.46. The van der Waals surface area contributed by atoms with Crippen LogP contribution in [0.25, 0.3) is 11.2 Å². The topological polar surface area (TPSA) is 69.4 Å². The van der Waals surface area contributed by atoms with Gasteiger partial charge in [0.05, 0.1) is 23.1 Å². The van der Waals surface area contributed by atoms with Crippen molar-refractivity contribution in [3.8, 4) is 0 Å². The molecule has 0 radical (unpaired) electrons. The lowest BCUT2D eigenvalue weighted by molar-refractivity contribution is -0.0499. The van der Waals surface area contributed by atoms with Crippen LogP contribution in [-0.4, -0.2) is 43.6 Å². The van der Waals surface area contributed by atoms with Crippen molar-refractivity contribution in [1.29, 1.82) is 0 Å². The number of pyridine rings is 1. The first-order chi connectivity index (χ1) is 11.1. The molecule has 1 aliphatic carbocycles. The molecule has 2 aliphatic rings. The Bertz CT molecular complexity index is 775. The van der Waals surface area contributed by atoms with E-state index in [-0.39, 0.29) is 17.2 Å². The van der Waals surface area contributed by atoms with Gasteiger partial charge in [-0.3, -0.25) is 0 Å². The fraction of sp³-hybridized carbons (Fsp3) is 0.647. The SMILES string of the molecule is CC1(O)CC(n2cnc3cc(B4OC(C)(C)C(C)(C)O4)cnc32)C1. The lowest BCUT2D eigenvalue weighted by atomic mass is 9.77. The van der Waals surface area contributed by atoms with E-state index in [2.05, 4.69) is 14.5 Å². The van der Waals surface area contributed by atoms with E-state index in [0.29, 0.717) is 0 Å². The number of aromatic nitrogens is 3. The van der Waals surface area contributed by atoms with Gasteiger partial charge in [0, 0.05) is 17.7 Å². The van der Waals surface area contributed by atoms with Gasteiger partial charge in [-0.25, -0.2) is 9.97 Å². The van der Waals surface area contributed by atoms with Crippen LogP contribution in [0, 0.1) is 0 Å². The third kappa shape index (κ3) is 2.38. The van der Waals surface area contributed by atoms with E-state index in [9.17, 15) is 5.11 Å². The predicted molar refractivity (Wildman–Crippen MR) is 92.1 cm³/mol. The molecule has 128 valence electrons. The monoisotopic (exact) mass is 329 g/mol. The molecular formula is C17H24BN3O3. The van der Waals surface area contributed by atoms with Gasteiger partial charge < -0.3 is 19.0 Å². The van der Waals surface area contributed by atoms with E-state index < -0.39 is 12.7 Å². The van der Waals surface area contributed by atoms with Crippen LogP contribution in [-0.2, 0) is 9.31 Å². The van der Waals surface area contributed by atoms with Gasteiger partial charge in [-0.05, 0) is 53.5 Å². The van der Waals surface area contributed by atoms with Crippen LogP contribution in [0.15, 0.2) is 18.6 Å². The summed E-state index contributed by atoms with van der Waals surface area (Å²) in [6, 6.07) is 2.25. The number of fused-ring (bicyclic) bond motifs is 1. The number of rotatable bonds is 2. The second-order valence-corrected chi connectivity index (χ2v) is 8.41. The van der Waals surface area contributed by atoms with Crippen LogP contribution in [0.3, 0.4) is 0 Å². The van der Waals surface area contributed by atoms with Crippen LogP contribution >= 0.6 is 0 Å². The molecule has 24 heavy (non-hydrogen) atoms. The molecule has 2 aromatic heterocycles. The zero-order valence-corrected chi connectivity index (χ0v) is 14.9. The molecule has 0 atom stereocenters. The second kappa shape index (κ2) is 4.81. The first-order valence-electron chi connectivity index (χ1n) is 8.49. The Labute approximate surface area is 142 Å². The summed E-state index contributed by atoms with van der Waals surface area (Å²) in [4.78, 5) is 9.07. The normalized spacial score (nSPS) is 31.4. The van der Waals surface area contributed by atoms with Gasteiger partial charge in [0.25, 0.3) is 0 Å². The van der Waals surface area contributed by atoms with Gasteiger partial charge in [0.2, 0.25) is 0 Å². The van der Waals surface area contributed by atoms with Crippen LogP contribution in [0.1, 0.15) is 53.5 Å². The number of hydrogen-bond donors (Lipinski definition) is 1. The van der Waals surface area contributed by atoms with Gasteiger partial charge in [0.1, 0.15) is 5.52 Å². The third-order valence-corrected chi connectivity index (χ3v) is 5.70. The Morgan fingerprint density at radius 1 is 1.12 bits per heavy atom. The molecule has 3 heterocycles. The largest absolute Gasteiger partial charge is 0.496 e. The van der Waals surface area contributed by atoms with Crippen molar-refractivity contribution in [2.45, 2.75) is 70.3 Å². The summed E-state index contributed by atoms with van der Waals surface area (Å²) in [6.45, 7) is 10.0. The average Bonchev–Trinajstić information content (AvgIpc) is 2.94. The minimum atomic E-state index is -0.566. The minimum Gasteiger partial charge on any atom is -0.399 e. The summed E-state index contributed by atoms with van der Waals surface area (Å²) in [6.07, 6.45) is 5.09. The maximum atomic E-state index is 9.95. The molecule has 1 N–H and O–H groups in total. The summed E-state index contributed by atoms with van der Waals surface area (Å²) >= 11 is 0. The van der Waals surface area contributed by atoms with Crippen molar-refractivity contribution in [2.75, 3.05) is 0 Å². The van der Waals surface area contributed by atoms with Crippen LogP contribution in [0.4, 0.5) is 0 Å². The summed E-state index contributed by atoms with van der Waals surface area (Å²) in [7, 11) is -0.429. The molecule has 6 nitrogen and oxygen atoms in total. The van der Waals surface area contributed by atoms with Crippen LogP contribution in [0.2, 0.25) is 0 Å². The Morgan fingerprint density at radius 2 is 1.75 bits per heavy atom. The Morgan fingerprint density at radius 3 is 2.33 bits per heavy atom. The lowest BCUT2D eigenvalue weighted by Gasteiger charge is -2.41. The summed E-state index contributed by atoms with van der Waals surface area (Å²) < 4.78 is 14.2. The van der Waals surface area contributed by atoms with Gasteiger partial charge in [-0.15, -0.1) is 0 Å². The molecule has 0 bridgehead atoms. The maximum Gasteiger partial charge on any atom is 0.496 e. The van der Waals surface area contributed by atoms with Gasteiger partial charge >= 0.3 is 7.12 Å². The first kappa shape index (κ1) is 16.1. The van der Waals surface area contributed by atoms with Gasteiger partial charge in [-0.1, -0.05) is 0 Å². The standard InChI is InChI=1S/C17H24BN3O3/c1-15(2)16(3,4)24-18(23-15)11-6-13-14(19-9-11)21(10-20-13)12-7-17(5,22)8-12/h6,9-10,12,22H,7-8H2,1-5H3. The molecule has 4 rings (SSSR count). The molecule has 0 aromatic carbocycles. The Hall–Kier alpha value is -1.44. The highest BCUT2D eigenvalue weighted by Gasteiger charge is 2.52. The molecule has 0 unspecified atom stereocenters. The molecule has 0 spiro atoms. The third-order valence-electron chi connectivity index (χ3n) is 5.70. The zero-order chi connectivity index (χ0) is 17.3. The fourth-order valence-corrected chi connectivity index (χ4v) is 3.46. The minimum absolute atomic E-state index is 0.264. The van der Waals surface area contributed by atoms with Crippen LogP contribution in [0.5, 0.6) is 0 Å². The van der Waals surface area contributed by atoms with Crippen molar-refractivity contribution in [3.63, 3.8) is 0 Å². The smallest absolute Gasteiger partial charge is 0.399 e. The summed E-state index contributed by atoms with van der Waals surface area (Å²) in [5.41, 5.74) is 1.24. The number of hydrogen-bond acceptors (Lipinski definition) is 5. The molecule has 0 amide bonds. The van der Waals surface area contributed by atoms with Gasteiger partial charge in [0.15, 0.2) is 5.65 Å². The molecule has 2 aromatic rings. The van der Waals surface area contributed by atoms with Crippen molar-refractivity contribution in [2.24, 2.45) is 0 Å². The zero-order valence-electron chi connectivity index (χ0n) is 14.9. The quantitative estimate of drug-likeness (QED) is 0.851. The first-order valence-corrected chi connectivity index (χ1v) is 8.49. The van der Waals surface area contributed by atoms with Crippen LogP contribution < -0.4 is 5.46 Å². The molecule has 1 aliphatic heterocycles. The summed E-state index contributed by atoms with van der Waals surface area (Å²) in [5, 5.41) is 9.95. The highest BCUT2D eigenvalue weighted by Crippen LogP contribution is 2.42. The number of imidazole rings is 1. The van der Waals surface area contributed by atoms with Crippen molar-refractivity contribution in [3.05, 3.63) is 18.6 Å². The predicted octanol–water partition coefficient (Wildman–Crippen LogP) is 1.82. The molecule has 1 saturated heterocycles. The van der Waals surface area contributed by atoms with E-state index in [1.165, 1.54) is 0 Å². The van der Waals surface area contributed by atoms with E-state index in [1.807, 2.05) is 47.0 Å². The maximum absolute atomic E-state index is 9.95. The molecule has 1 saturated carbocycles. The number of nitrogens with zero attached hydrogens (tertiary/aromatic N) is 3. The molecule has 7 heteroatoms. The highest BCUT2D eigenvalue weighted by atomic mass is 16.7. The van der Waals surface area contributed by atoms with E-state index in [0.717, 1.165) is 29.5 Å². The highest BCUT2D eigenvalue weighted by molar-refractivity contribution is 6.62. The Kier molecular flexibility index (Phi) is 3.21. The Balaban J connectivity index is 1.62. The summed E-state index contributed by atoms with van der Waals surface area (Å²) in [5.74, 6) is 0. The number of aliphatic hydroxyl groups is 1. The van der Waals surface area contributed by atoms with Gasteiger partial charge in [-0.2, -0.15) is 0 Å². The van der Waals surface area contributed by atoms with Crippen molar-refractivity contribution >= 4 is 23.7 Å². The van der Waals surface area contributed by atoms with Crippen molar-refractivity contribution < 1.29 is 14.4 Å². The van der Waals surface area contributed by atoms with E-state index >= 15 is 0 Å². The average molecular weight is 329 g/mol. The van der Waals surface area contributed by atoms with E-state index in [1.54, 1.807) is 6.20 Å².